The highest BCUT2D eigenvalue weighted by Crippen LogP contribution is 2.33. The van der Waals surface area contributed by atoms with Crippen LogP contribution in [0.4, 0.5) is 11.5 Å². The smallest absolute Gasteiger partial charge is 0.166 e. The highest BCUT2D eigenvalue weighted by molar-refractivity contribution is 8.26. The van der Waals surface area contributed by atoms with Crippen molar-refractivity contribution in [2.75, 3.05) is 7.05 Å². The fourth-order valence-corrected chi connectivity index (χ4v) is 4.33. The number of amidine groups is 1. The maximum absolute atomic E-state index is 8.24. The Morgan fingerprint density at radius 2 is 2.10 bits per heavy atom. The summed E-state index contributed by atoms with van der Waals surface area (Å²) in [5.41, 5.74) is 14.1. The van der Waals surface area contributed by atoms with Gasteiger partial charge in [-0.2, -0.15) is 0 Å². The van der Waals surface area contributed by atoms with Crippen LogP contribution in [0.15, 0.2) is 39.0 Å². The molecule has 2 unspecified atom stereocenters. The van der Waals surface area contributed by atoms with Gasteiger partial charge in [0.1, 0.15) is 0 Å². The normalized spacial score (nSPS) is 22.8. The third-order valence-corrected chi connectivity index (χ3v) is 6.03. The molecular weight excluding hydrogens is 384 g/mol. The molecule has 1 saturated carbocycles. The van der Waals surface area contributed by atoms with Crippen LogP contribution in [0.25, 0.3) is 0 Å². The van der Waals surface area contributed by atoms with Gasteiger partial charge < -0.3 is 16.8 Å². The summed E-state index contributed by atoms with van der Waals surface area (Å²) in [6.45, 7) is 2.08. The van der Waals surface area contributed by atoms with Gasteiger partial charge in [0.2, 0.25) is 0 Å². The molecule has 1 aliphatic carbocycles. The number of nitrogens with one attached hydrogen (secondary N) is 2. The molecule has 2 atom stereocenters. The van der Waals surface area contributed by atoms with Gasteiger partial charge in [-0.3, -0.25) is 15.4 Å². The molecule has 9 heteroatoms. The summed E-state index contributed by atoms with van der Waals surface area (Å²) in [5, 5.41) is 12.5. The lowest BCUT2D eigenvalue weighted by Crippen LogP contribution is -2.37. The van der Waals surface area contributed by atoms with Crippen LogP contribution in [-0.4, -0.2) is 40.7 Å². The van der Waals surface area contributed by atoms with E-state index in [1.165, 1.54) is 30.8 Å². The van der Waals surface area contributed by atoms with Crippen molar-refractivity contribution in [3.63, 3.8) is 0 Å². The lowest BCUT2D eigenvalue weighted by molar-refractivity contribution is 0.598. The van der Waals surface area contributed by atoms with Crippen molar-refractivity contribution in [3.8, 4) is 0 Å². The van der Waals surface area contributed by atoms with Crippen LogP contribution in [0.3, 0.4) is 0 Å². The maximum Gasteiger partial charge on any atom is 0.166 e. The molecule has 8 nitrogen and oxygen atoms in total. The van der Waals surface area contributed by atoms with Gasteiger partial charge in [0.05, 0.1) is 28.2 Å². The summed E-state index contributed by atoms with van der Waals surface area (Å²) in [7, 11) is 1.69. The van der Waals surface area contributed by atoms with Gasteiger partial charge in [0.25, 0.3) is 0 Å². The van der Waals surface area contributed by atoms with E-state index >= 15 is 0 Å². The maximum atomic E-state index is 8.24. The number of nitrogens with two attached hydrogens (primary N) is 2. The number of aliphatic imine (C=N–C) groups is 3. The summed E-state index contributed by atoms with van der Waals surface area (Å²) < 4.78 is 0. The Bertz CT molecular complexity index is 867. The molecule has 154 valence electrons. The van der Waals surface area contributed by atoms with Crippen LogP contribution in [0.2, 0.25) is 0 Å². The molecule has 0 radical (unpaired) electrons. The zero-order valence-electron chi connectivity index (χ0n) is 16.8. The molecule has 0 bridgehead atoms. The number of fused-ring (bicyclic) bond motifs is 1. The van der Waals surface area contributed by atoms with Crippen molar-refractivity contribution in [2.45, 2.75) is 44.6 Å². The van der Waals surface area contributed by atoms with Gasteiger partial charge in [0.15, 0.2) is 11.0 Å². The number of rotatable bonds is 5. The summed E-state index contributed by atoms with van der Waals surface area (Å²) in [6.07, 6.45) is 9.53. The molecule has 2 heterocycles. The van der Waals surface area contributed by atoms with Crippen LogP contribution in [0.5, 0.6) is 0 Å². The topological polar surface area (TPSA) is 138 Å². The third-order valence-electron chi connectivity index (χ3n) is 5.18. The first-order valence-corrected chi connectivity index (χ1v) is 10.6. The van der Waals surface area contributed by atoms with E-state index in [4.69, 9.17) is 16.9 Å². The third kappa shape index (κ3) is 5.23. The summed E-state index contributed by atoms with van der Waals surface area (Å²) in [5.74, 6) is 0.909. The Kier molecular flexibility index (Phi) is 7.03. The lowest BCUT2D eigenvalue weighted by Gasteiger charge is -2.26. The van der Waals surface area contributed by atoms with E-state index in [0.29, 0.717) is 21.9 Å². The quantitative estimate of drug-likeness (QED) is 0.434. The van der Waals surface area contributed by atoms with Crippen LogP contribution < -0.4 is 16.8 Å². The Labute approximate surface area is 175 Å². The molecule has 0 aromatic carbocycles. The number of aromatic nitrogens is 1. The molecule has 6 N–H and O–H groups in total. The number of thioether (sulfide) groups is 1. The second kappa shape index (κ2) is 9.69. The van der Waals surface area contributed by atoms with Crippen molar-refractivity contribution in [2.24, 2.45) is 32.4 Å². The molecule has 0 saturated heterocycles. The zero-order chi connectivity index (χ0) is 20.8. The van der Waals surface area contributed by atoms with E-state index in [1.807, 2.05) is 12.3 Å². The Morgan fingerprint density at radius 1 is 1.34 bits per heavy atom. The average Bonchev–Trinajstić information content (AvgIpc) is 3.25. The molecule has 0 amide bonds. The molecule has 3 rings (SSSR count). The van der Waals surface area contributed by atoms with E-state index < -0.39 is 0 Å². The lowest BCUT2D eigenvalue weighted by atomic mass is 9.94. The van der Waals surface area contributed by atoms with Gasteiger partial charge in [-0.1, -0.05) is 19.8 Å². The molecule has 2 aliphatic rings. The van der Waals surface area contributed by atoms with E-state index in [-0.39, 0.29) is 12.0 Å². The number of allylic oxidation sites excluding steroid dienone is 1. The van der Waals surface area contributed by atoms with Gasteiger partial charge >= 0.3 is 0 Å². The molecule has 0 spiro atoms. The van der Waals surface area contributed by atoms with Crippen molar-refractivity contribution < 1.29 is 0 Å². The highest BCUT2D eigenvalue weighted by Gasteiger charge is 2.26. The minimum Gasteiger partial charge on any atom is -0.403 e. The van der Waals surface area contributed by atoms with Crippen LogP contribution >= 0.6 is 11.8 Å². The number of pyridine rings is 1. The SMILES string of the molecule is CN=CC(=CN)NC1C=Nc2ccc(N=C(N)SC(=N)C3CCCC3)nc2C1C. The molecule has 1 aromatic rings. The summed E-state index contributed by atoms with van der Waals surface area (Å²) in [6, 6.07) is 3.64. The van der Waals surface area contributed by atoms with E-state index in [2.05, 4.69) is 32.2 Å². The van der Waals surface area contributed by atoms with Crippen molar-refractivity contribution >= 4 is 45.9 Å². The highest BCUT2D eigenvalue weighted by atomic mass is 32.2. The van der Waals surface area contributed by atoms with Gasteiger partial charge in [-0.25, -0.2) is 9.98 Å². The second-order valence-electron chi connectivity index (χ2n) is 7.22. The van der Waals surface area contributed by atoms with Crippen LogP contribution in [-0.2, 0) is 0 Å². The molecular formula is C20H28N8S. The Morgan fingerprint density at radius 3 is 2.79 bits per heavy atom. The van der Waals surface area contributed by atoms with Crippen LogP contribution in [0, 0.1) is 11.3 Å². The first-order valence-electron chi connectivity index (χ1n) is 9.78. The summed E-state index contributed by atoms with van der Waals surface area (Å²) >= 11 is 1.24. The minimum atomic E-state index is -0.0655. The fourth-order valence-electron chi connectivity index (χ4n) is 3.57. The molecule has 1 aromatic heterocycles. The predicted octanol–water partition coefficient (Wildman–Crippen LogP) is 3.21. The largest absolute Gasteiger partial charge is 0.403 e. The number of nitrogens with zero attached hydrogens (tertiary/aromatic N) is 4. The van der Waals surface area contributed by atoms with E-state index in [0.717, 1.165) is 29.9 Å². The van der Waals surface area contributed by atoms with E-state index in [1.54, 1.807) is 19.3 Å². The molecule has 1 aliphatic heterocycles. The van der Waals surface area contributed by atoms with Crippen molar-refractivity contribution in [3.05, 3.63) is 29.7 Å². The van der Waals surface area contributed by atoms with E-state index in [9.17, 15) is 0 Å². The van der Waals surface area contributed by atoms with Crippen LogP contribution in [0.1, 0.15) is 44.2 Å². The van der Waals surface area contributed by atoms with Gasteiger partial charge in [-0.15, -0.1) is 0 Å². The van der Waals surface area contributed by atoms with Crippen molar-refractivity contribution in [1.29, 1.82) is 5.41 Å². The molecule has 29 heavy (non-hydrogen) atoms. The molecule has 1 fully saturated rings. The predicted molar refractivity (Wildman–Crippen MR) is 123 cm³/mol. The van der Waals surface area contributed by atoms with Gasteiger partial charge in [-0.05, 0) is 36.7 Å². The second-order valence-corrected chi connectivity index (χ2v) is 8.28. The summed E-state index contributed by atoms with van der Waals surface area (Å²) in [4.78, 5) is 17.6. The number of hydrogen-bond acceptors (Lipinski definition) is 8. The first kappa shape index (κ1) is 21.0. The van der Waals surface area contributed by atoms with Gasteiger partial charge in [0, 0.05) is 37.5 Å². The fraction of sp³-hybridized carbons (Fsp3) is 0.450. The van der Waals surface area contributed by atoms with Crippen molar-refractivity contribution in [1.82, 2.24) is 10.3 Å². The number of hydrogen-bond donors (Lipinski definition) is 4. The minimum absolute atomic E-state index is 0.0588. The monoisotopic (exact) mass is 412 g/mol. The average molecular weight is 413 g/mol. The Balaban J connectivity index is 1.73. The standard InChI is InChI=1S/C20H28N8S/c1-12-16(26-14(9-21)10-24-2)11-25-15-7-8-17(27-18(12)15)28-20(23)29-19(22)13-5-3-4-6-13/h7-13,16,22,26H,3-6,21H2,1-2H3,(H2,23,27,28). The zero-order valence-corrected chi connectivity index (χ0v) is 17.6. The Hall–Kier alpha value is -2.68. The first-order chi connectivity index (χ1) is 14.0.